The van der Waals surface area contributed by atoms with Crippen molar-refractivity contribution in [3.05, 3.63) is 95.1 Å². The first-order chi connectivity index (χ1) is 14.3. The summed E-state index contributed by atoms with van der Waals surface area (Å²) in [6.45, 7) is 5.93. The van der Waals surface area contributed by atoms with Gasteiger partial charge in [0.2, 0.25) is 0 Å². The molecule has 0 fully saturated rings. The van der Waals surface area contributed by atoms with Crippen molar-refractivity contribution in [2.75, 3.05) is 4.72 Å². The second-order valence-electron chi connectivity index (χ2n) is 7.34. The number of hydrogen-bond donors (Lipinski definition) is 2. The molecule has 0 aliphatic carbocycles. The van der Waals surface area contributed by atoms with E-state index in [9.17, 15) is 13.2 Å². The van der Waals surface area contributed by atoms with Gasteiger partial charge in [-0.05, 0) is 56.2 Å². The van der Waals surface area contributed by atoms with Crippen LogP contribution in [0, 0.1) is 13.8 Å². The van der Waals surface area contributed by atoms with Gasteiger partial charge in [0.25, 0.3) is 15.9 Å². The molecule has 3 aromatic carbocycles. The third-order valence-electron chi connectivity index (χ3n) is 4.90. The zero-order chi connectivity index (χ0) is 21.7. The highest BCUT2D eigenvalue weighted by molar-refractivity contribution is 7.92. The minimum Gasteiger partial charge on any atom is -0.345 e. The molecule has 1 unspecified atom stereocenters. The van der Waals surface area contributed by atoms with Gasteiger partial charge in [0.05, 0.1) is 10.9 Å². The van der Waals surface area contributed by atoms with Crippen molar-refractivity contribution in [1.29, 1.82) is 0 Å². The van der Waals surface area contributed by atoms with Crippen molar-refractivity contribution in [3.63, 3.8) is 0 Å². The van der Waals surface area contributed by atoms with E-state index in [0.29, 0.717) is 11.3 Å². The maximum atomic E-state index is 12.8. The van der Waals surface area contributed by atoms with E-state index in [1.807, 2.05) is 45.0 Å². The van der Waals surface area contributed by atoms with Gasteiger partial charge in [-0.1, -0.05) is 60.5 Å². The Morgan fingerprint density at radius 3 is 2.10 bits per heavy atom. The first kappa shape index (κ1) is 21.6. The second-order valence-corrected chi connectivity index (χ2v) is 9.03. The van der Waals surface area contributed by atoms with Crippen LogP contribution in [-0.4, -0.2) is 14.3 Å². The molecule has 2 N–H and O–H groups in total. The van der Waals surface area contributed by atoms with Crippen LogP contribution in [0.4, 0.5) is 5.69 Å². The predicted octanol–water partition coefficient (Wildman–Crippen LogP) is 4.99. The number of sulfonamides is 1. The summed E-state index contributed by atoms with van der Waals surface area (Å²) in [5, 5.41) is 3.03. The number of amides is 1. The Morgan fingerprint density at radius 1 is 0.900 bits per heavy atom. The molecule has 0 saturated heterocycles. The number of hydrogen-bond acceptors (Lipinski definition) is 3. The minimum absolute atomic E-state index is 0.119. The quantitative estimate of drug-likeness (QED) is 0.563. The van der Waals surface area contributed by atoms with Crippen molar-refractivity contribution >= 4 is 21.6 Å². The van der Waals surface area contributed by atoms with Crippen LogP contribution in [0.1, 0.15) is 46.4 Å². The maximum Gasteiger partial charge on any atom is 0.261 e. The molecule has 6 heteroatoms. The highest BCUT2D eigenvalue weighted by Crippen LogP contribution is 2.20. The van der Waals surface area contributed by atoms with Gasteiger partial charge in [-0.25, -0.2) is 8.42 Å². The van der Waals surface area contributed by atoms with Gasteiger partial charge < -0.3 is 5.32 Å². The molecule has 1 amide bonds. The van der Waals surface area contributed by atoms with Crippen LogP contribution in [0.2, 0.25) is 0 Å². The van der Waals surface area contributed by atoms with Crippen molar-refractivity contribution in [1.82, 2.24) is 5.32 Å². The molecule has 3 aromatic rings. The van der Waals surface area contributed by atoms with Crippen LogP contribution < -0.4 is 10.0 Å². The summed E-state index contributed by atoms with van der Waals surface area (Å²) in [4.78, 5) is 13.0. The molecule has 156 valence electrons. The van der Waals surface area contributed by atoms with E-state index in [-0.39, 0.29) is 16.8 Å². The Balaban J connectivity index is 1.76. The summed E-state index contributed by atoms with van der Waals surface area (Å²) in [5.74, 6) is -0.251. The number of nitrogens with one attached hydrogen (secondary N) is 2. The third kappa shape index (κ3) is 5.27. The highest BCUT2D eigenvalue weighted by Gasteiger charge is 2.17. The Labute approximate surface area is 178 Å². The van der Waals surface area contributed by atoms with Gasteiger partial charge in [-0.15, -0.1) is 0 Å². The zero-order valence-electron chi connectivity index (χ0n) is 17.3. The molecule has 0 bridgehead atoms. The molecule has 0 heterocycles. The van der Waals surface area contributed by atoms with E-state index >= 15 is 0 Å². The molecule has 0 aliphatic heterocycles. The molecule has 0 radical (unpaired) electrons. The standard InChI is InChI=1S/C24H26N2O3S/c1-4-23(19-12-8-17(2)9-13-19)25-24(27)20-6-5-7-21(16-20)26-30(28,29)22-14-10-18(3)11-15-22/h5-16,23,26H,4H2,1-3H3,(H,25,27). The van der Waals surface area contributed by atoms with E-state index in [1.165, 1.54) is 0 Å². The fourth-order valence-corrected chi connectivity index (χ4v) is 4.17. The first-order valence-corrected chi connectivity index (χ1v) is 11.3. The predicted molar refractivity (Wildman–Crippen MR) is 120 cm³/mol. The maximum absolute atomic E-state index is 12.8. The van der Waals surface area contributed by atoms with E-state index in [4.69, 9.17) is 0 Å². The number of carbonyl (C=O) groups excluding carboxylic acids is 1. The number of benzene rings is 3. The fourth-order valence-electron chi connectivity index (χ4n) is 3.12. The number of aryl methyl sites for hydroxylation is 2. The molecule has 1 atom stereocenters. The molecular formula is C24H26N2O3S. The summed E-state index contributed by atoms with van der Waals surface area (Å²) >= 11 is 0. The normalized spacial score (nSPS) is 12.2. The lowest BCUT2D eigenvalue weighted by Crippen LogP contribution is -2.28. The summed E-state index contributed by atoms with van der Waals surface area (Å²) in [6.07, 6.45) is 0.745. The molecule has 30 heavy (non-hydrogen) atoms. The molecule has 0 aromatic heterocycles. The summed E-state index contributed by atoms with van der Waals surface area (Å²) in [6, 6.07) is 21.0. The van der Waals surface area contributed by atoms with Crippen LogP contribution in [0.5, 0.6) is 0 Å². The zero-order valence-corrected chi connectivity index (χ0v) is 18.2. The van der Waals surface area contributed by atoms with E-state index < -0.39 is 10.0 Å². The van der Waals surface area contributed by atoms with E-state index in [1.54, 1.807) is 48.5 Å². The molecule has 0 saturated carbocycles. The number of anilines is 1. The Kier molecular flexibility index (Phi) is 6.57. The van der Waals surface area contributed by atoms with Crippen LogP contribution in [0.15, 0.2) is 77.7 Å². The van der Waals surface area contributed by atoms with Gasteiger partial charge in [0.1, 0.15) is 0 Å². The Bertz CT molecular complexity index is 1120. The average Bonchev–Trinajstić information content (AvgIpc) is 2.73. The number of carbonyl (C=O) groups is 1. The molecule has 0 aliphatic rings. The van der Waals surface area contributed by atoms with Gasteiger partial charge in [-0.2, -0.15) is 0 Å². The molecule has 5 nitrogen and oxygen atoms in total. The Hall–Kier alpha value is -3.12. The lowest BCUT2D eigenvalue weighted by atomic mass is 10.0. The Morgan fingerprint density at radius 2 is 1.50 bits per heavy atom. The van der Waals surface area contributed by atoms with Gasteiger partial charge in [0, 0.05) is 11.3 Å². The summed E-state index contributed by atoms with van der Waals surface area (Å²) in [7, 11) is -3.73. The molecule has 3 rings (SSSR count). The topological polar surface area (TPSA) is 75.3 Å². The van der Waals surface area contributed by atoms with Crippen LogP contribution in [-0.2, 0) is 10.0 Å². The second kappa shape index (κ2) is 9.13. The molecular weight excluding hydrogens is 396 g/mol. The van der Waals surface area contributed by atoms with Crippen molar-refractivity contribution in [2.24, 2.45) is 0 Å². The largest absolute Gasteiger partial charge is 0.345 e. The highest BCUT2D eigenvalue weighted by atomic mass is 32.2. The summed E-state index contributed by atoms with van der Waals surface area (Å²) in [5.41, 5.74) is 3.91. The van der Waals surface area contributed by atoms with Gasteiger partial charge in [0.15, 0.2) is 0 Å². The lowest BCUT2D eigenvalue weighted by Gasteiger charge is -2.18. The van der Waals surface area contributed by atoms with Crippen molar-refractivity contribution in [3.8, 4) is 0 Å². The van der Waals surface area contributed by atoms with E-state index in [2.05, 4.69) is 10.0 Å². The lowest BCUT2D eigenvalue weighted by molar-refractivity contribution is 0.0935. The summed E-state index contributed by atoms with van der Waals surface area (Å²) < 4.78 is 27.8. The van der Waals surface area contributed by atoms with Crippen molar-refractivity contribution in [2.45, 2.75) is 38.1 Å². The molecule has 0 spiro atoms. The number of rotatable bonds is 7. The van der Waals surface area contributed by atoms with E-state index in [0.717, 1.165) is 23.1 Å². The SMILES string of the molecule is CCC(NC(=O)c1cccc(NS(=O)(=O)c2ccc(C)cc2)c1)c1ccc(C)cc1. The third-order valence-corrected chi connectivity index (χ3v) is 6.30. The van der Waals surface area contributed by atoms with Crippen molar-refractivity contribution < 1.29 is 13.2 Å². The average molecular weight is 423 g/mol. The smallest absolute Gasteiger partial charge is 0.261 e. The van der Waals surface area contributed by atoms with Crippen LogP contribution in [0.3, 0.4) is 0 Å². The minimum atomic E-state index is -3.73. The van der Waals surface area contributed by atoms with Crippen LogP contribution >= 0.6 is 0 Å². The monoisotopic (exact) mass is 422 g/mol. The first-order valence-electron chi connectivity index (χ1n) is 9.85. The fraction of sp³-hybridized carbons (Fsp3) is 0.208. The van der Waals surface area contributed by atoms with Gasteiger partial charge >= 0.3 is 0 Å². The van der Waals surface area contributed by atoms with Crippen LogP contribution in [0.25, 0.3) is 0 Å². The van der Waals surface area contributed by atoms with Gasteiger partial charge in [-0.3, -0.25) is 9.52 Å².